The van der Waals surface area contributed by atoms with Gasteiger partial charge in [-0.3, -0.25) is 5.10 Å². The molecule has 25 heavy (non-hydrogen) atoms. The predicted octanol–water partition coefficient (Wildman–Crippen LogP) is 4.88. The second kappa shape index (κ2) is 7.91. The molecular weight excluding hydrogens is 379 g/mol. The van der Waals surface area contributed by atoms with E-state index in [2.05, 4.69) is 15.6 Å². The van der Waals surface area contributed by atoms with Gasteiger partial charge in [-0.05, 0) is 54.5 Å². The van der Waals surface area contributed by atoms with E-state index in [4.69, 9.17) is 40.2 Å². The van der Waals surface area contributed by atoms with Gasteiger partial charge in [-0.15, -0.1) is 0 Å². The van der Waals surface area contributed by atoms with Crippen molar-refractivity contribution in [1.29, 1.82) is 0 Å². The Bertz CT molecular complexity index is 921. The van der Waals surface area contributed by atoms with Crippen molar-refractivity contribution in [2.75, 3.05) is 5.43 Å². The number of nitrogens with zero attached hydrogens (tertiary/aromatic N) is 2. The van der Waals surface area contributed by atoms with Gasteiger partial charge >= 0.3 is 0 Å². The summed E-state index contributed by atoms with van der Waals surface area (Å²) in [7, 11) is 0. The molecule has 0 spiro atoms. The summed E-state index contributed by atoms with van der Waals surface area (Å²) in [5.74, 6) is 1.57. The zero-order valence-corrected chi connectivity index (χ0v) is 15.8. The third-order valence-corrected chi connectivity index (χ3v) is 4.61. The first-order valence-corrected chi connectivity index (χ1v) is 8.73. The van der Waals surface area contributed by atoms with Crippen LogP contribution in [0.2, 0.25) is 10.0 Å². The fourth-order valence-electron chi connectivity index (χ4n) is 2.23. The van der Waals surface area contributed by atoms with E-state index in [1.165, 1.54) is 0 Å². The van der Waals surface area contributed by atoms with E-state index in [9.17, 15) is 0 Å². The number of aryl methyl sites for hydroxylation is 1. The van der Waals surface area contributed by atoms with E-state index < -0.39 is 0 Å². The van der Waals surface area contributed by atoms with E-state index in [1.54, 1.807) is 16.8 Å². The highest BCUT2D eigenvalue weighted by molar-refractivity contribution is 7.71. The number of H-pyrrole nitrogens is 1. The summed E-state index contributed by atoms with van der Waals surface area (Å²) in [4.78, 5) is 0. The third-order valence-electron chi connectivity index (χ3n) is 3.59. The minimum Gasteiger partial charge on any atom is -0.489 e. The van der Waals surface area contributed by atoms with Crippen LogP contribution in [0.1, 0.15) is 17.0 Å². The largest absolute Gasteiger partial charge is 0.489 e. The molecule has 0 atom stereocenters. The lowest BCUT2D eigenvalue weighted by molar-refractivity contribution is 0.306. The quantitative estimate of drug-likeness (QED) is 0.585. The molecule has 0 aliphatic rings. The van der Waals surface area contributed by atoms with Crippen molar-refractivity contribution in [3.8, 4) is 5.75 Å². The van der Waals surface area contributed by atoms with Gasteiger partial charge in [-0.25, -0.2) is 4.68 Å². The van der Waals surface area contributed by atoms with Crippen LogP contribution in [0.15, 0.2) is 42.5 Å². The van der Waals surface area contributed by atoms with Gasteiger partial charge in [0, 0.05) is 0 Å². The van der Waals surface area contributed by atoms with Gasteiger partial charge in [-0.2, -0.15) is 5.10 Å². The molecule has 0 aliphatic carbocycles. The molecule has 5 nitrogen and oxygen atoms in total. The highest BCUT2D eigenvalue weighted by atomic mass is 35.5. The molecule has 0 saturated heterocycles. The zero-order chi connectivity index (χ0) is 17.8. The summed E-state index contributed by atoms with van der Waals surface area (Å²) < 4.78 is 8.05. The number of halogens is 2. The Balaban J connectivity index is 1.56. The second-order valence-electron chi connectivity index (χ2n) is 5.43. The molecular formula is C17H16Cl2N4OS. The van der Waals surface area contributed by atoms with Crippen LogP contribution in [0.4, 0.5) is 0 Å². The first-order valence-electron chi connectivity index (χ1n) is 7.56. The Morgan fingerprint density at radius 1 is 1.12 bits per heavy atom. The minimum absolute atomic E-state index is 0.428. The van der Waals surface area contributed by atoms with Gasteiger partial charge in [0.1, 0.15) is 18.2 Å². The van der Waals surface area contributed by atoms with Crippen LogP contribution in [-0.2, 0) is 13.2 Å². The molecule has 130 valence electrons. The predicted molar refractivity (Wildman–Crippen MR) is 102 cm³/mol. The van der Waals surface area contributed by atoms with Crippen molar-refractivity contribution in [1.82, 2.24) is 14.9 Å². The molecule has 2 aromatic carbocycles. The zero-order valence-electron chi connectivity index (χ0n) is 13.4. The maximum absolute atomic E-state index is 6.01. The highest BCUT2D eigenvalue weighted by Gasteiger charge is 2.03. The van der Waals surface area contributed by atoms with Gasteiger partial charge in [0.05, 0.1) is 16.6 Å². The fourth-order valence-corrected chi connectivity index (χ4v) is 2.79. The fraction of sp³-hybridized carbons (Fsp3) is 0.176. The Morgan fingerprint density at radius 3 is 2.48 bits per heavy atom. The van der Waals surface area contributed by atoms with Crippen LogP contribution in [0, 0.1) is 11.7 Å². The van der Waals surface area contributed by atoms with Gasteiger partial charge in [0.2, 0.25) is 4.77 Å². The molecule has 1 heterocycles. The van der Waals surface area contributed by atoms with Gasteiger partial charge in [0.25, 0.3) is 0 Å². The first kappa shape index (κ1) is 17.8. The number of rotatable bonds is 6. The first-order chi connectivity index (χ1) is 12.0. The molecule has 0 saturated carbocycles. The molecule has 0 bridgehead atoms. The van der Waals surface area contributed by atoms with E-state index >= 15 is 0 Å². The topological polar surface area (TPSA) is 54.9 Å². The molecule has 0 unspecified atom stereocenters. The number of hydrogen-bond acceptors (Lipinski definition) is 4. The Morgan fingerprint density at radius 2 is 1.84 bits per heavy atom. The van der Waals surface area contributed by atoms with E-state index in [0.29, 0.717) is 28.0 Å². The number of hydrogen-bond donors (Lipinski definition) is 2. The normalized spacial score (nSPS) is 10.7. The summed E-state index contributed by atoms with van der Waals surface area (Å²) in [6.07, 6.45) is 0. The SMILES string of the molecule is Cc1n[nH]c(=S)n1NCc1ccc(OCc2ccc(Cl)c(Cl)c2)cc1. The Kier molecular flexibility index (Phi) is 5.63. The lowest BCUT2D eigenvalue weighted by Crippen LogP contribution is -2.15. The molecule has 3 rings (SSSR count). The molecule has 0 amide bonds. The molecule has 1 aromatic heterocycles. The van der Waals surface area contributed by atoms with Crippen molar-refractivity contribution >= 4 is 35.4 Å². The minimum atomic E-state index is 0.428. The molecule has 0 radical (unpaired) electrons. The molecule has 8 heteroatoms. The van der Waals surface area contributed by atoms with Crippen molar-refractivity contribution in [2.24, 2.45) is 0 Å². The van der Waals surface area contributed by atoms with Crippen LogP contribution in [0.3, 0.4) is 0 Å². The Labute approximate surface area is 160 Å². The van der Waals surface area contributed by atoms with E-state index in [-0.39, 0.29) is 0 Å². The summed E-state index contributed by atoms with van der Waals surface area (Å²) in [6, 6.07) is 13.3. The lowest BCUT2D eigenvalue weighted by atomic mass is 10.2. The average molecular weight is 395 g/mol. The van der Waals surface area contributed by atoms with Crippen LogP contribution >= 0.6 is 35.4 Å². The van der Waals surface area contributed by atoms with E-state index in [0.717, 1.165) is 22.7 Å². The number of nitrogens with one attached hydrogen (secondary N) is 2. The summed E-state index contributed by atoms with van der Waals surface area (Å²) >= 11 is 17.1. The smallest absolute Gasteiger partial charge is 0.214 e. The second-order valence-corrected chi connectivity index (χ2v) is 6.63. The van der Waals surface area contributed by atoms with Crippen molar-refractivity contribution in [3.63, 3.8) is 0 Å². The van der Waals surface area contributed by atoms with Crippen molar-refractivity contribution in [3.05, 3.63) is 74.2 Å². The molecule has 0 fully saturated rings. The molecule has 3 aromatic rings. The summed E-state index contributed by atoms with van der Waals surface area (Å²) in [5, 5.41) is 7.85. The number of aromatic amines is 1. The summed E-state index contributed by atoms with van der Waals surface area (Å²) in [6.45, 7) is 2.93. The van der Waals surface area contributed by atoms with Crippen LogP contribution in [0.5, 0.6) is 5.75 Å². The monoisotopic (exact) mass is 394 g/mol. The number of ether oxygens (including phenoxy) is 1. The maximum Gasteiger partial charge on any atom is 0.214 e. The highest BCUT2D eigenvalue weighted by Crippen LogP contribution is 2.23. The van der Waals surface area contributed by atoms with Crippen LogP contribution < -0.4 is 10.2 Å². The third kappa shape index (κ3) is 4.54. The van der Waals surface area contributed by atoms with Gasteiger partial charge in [0.15, 0.2) is 0 Å². The van der Waals surface area contributed by atoms with Gasteiger partial charge < -0.3 is 10.2 Å². The van der Waals surface area contributed by atoms with Crippen molar-refractivity contribution in [2.45, 2.75) is 20.1 Å². The Hall–Kier alpha value is -2.02. The van der Waals surface area contributed by atoms with Crippen molar-refractivity contribution < 1.29 is 4.74 Å². The average Bonchev–Trinajstić information content (AvgIpc) is 2.93. The lowest BCUT2D eigenvalue weighted by Gasteiger charge is -2.10. The van der Waals surface area contributed by atoms with E-state index in [1.807, 2.05) is 37.3 Å². The van der Waals surface area contributed by atoms with Crippen LogP contribution in [-0.4, -0.2) is 14.9 Å². The number of aromatic nitrogens is 3. The van der Waals surface area contributed by atoms with Crippen LogP contribution in [0.25, 0.3) is 0 Å². The number of benzene rings is 2. The standard InChI is InChI=1S/C17H16Cl2N4OS/c1-11-21-22-17(25)23(11)20-9-12-2-5-14(6-3-12)24-10-13-4-7-15(18)16(19)8-13/h2-8,20H,9-10H2,1H3,(H,22,25). The summed E-state index contributed by atoms with van der Waals surface area (Å²) in [5.41, 5.74) is 5.28. The maximum atomic E-state index is 6.01. The molecule has 0 aliphatic heterocycles. The molecule has 2 N–H and O–H groups in total. The van der Waals surface area contributed by atoms with Gasteiger partial charge in [-0.1, -0.05) is 41.4 Å².